The Morgan fingerprint density at radius 1 is 1.02 bits per heavy atom. The Morgan fingerprint density at radius 3 is 2.49 bits per heavy atom. The number of aryl methyl sites for hydroxylation is 1. The van der Waals surface area contributed by atoms with E-state index in [0.29, 0.717) is 52.9 Å². The lowest BCUT2D eigenvalue weighted by atomic mass is 9.73. The van der Waals surface area contributed by atoms with Crippen molar-refractivity contribution in [2.45, 2.75) is 31.6 Å². The third-order valence-corrected chi connectivity index (χ3v) is 8.85. The lowest BCUT2D eigenvalue weighted by molar-refractivity contribution is -0.116. The maximum absolute atomic E-state index is 14.0. The molecule has 6 rings (SSSR count). The zero-order valence-corrected chi connectivity index (χ0v) is 23.9. The van der Waals surface area contributed by atoms with Gasteiger partial charge in [0.15, 0.2) is 17.3 Å². The van der Waals surface area contributed by atoms with Gasteiger partial charge in [-0.1, -0.05) is 24.3 Å². The number of fused-ring (bicyclic) bond motifs is 1. The molecule has 1 aliphatic carbocycles. The summed E-state index contributed by atoms with van der Waals surface area (Å²) >= 11 is 1.64. The van der Waals surface area contributed by atoms with Crippen molar-refractivity contribution in [2.24, 2.45) is 0 Å². The highest BCUT2D eigenvalue weighted by atomic mass is 32.1. The molecule has 2 aromatic carbocycles. The van der Waals surface area contributed by atoms with Crippen LogP contribution < -0.4 is 19.5 Å². The summed E-state index contributed by atoms with van der Waals surface area (Å²) in [4.78, 5) is 27.4. The summed E-state index contributed by atoms with van der Waals surface area (Å²) in [5, 5.41) is 20.3. The molecule has 0 bridgehead atoms. The monoisotopic (exact) mass is 571 g/mol. The van der Waals surface area contributed by atoms with Gasteiger partial charge in [-0.25, -0.2) is 9.48 Å². The Hall–Kier alpha value is -4.57. The van der Waals surface area contributed by atoms with Crippen molar-refractivity contribution in [1.29, 1.82) is 0 Å². The number of ether oxygens (including phenoxy) is 3. The van der Waals surface area contributed by atoms with E-state index in [0.717, 1.165) is 21.7 Å². The number of aromatic carboxylic acids is 1. The average Bonchev–Trinajstić information content (AvgIpc) is 3.63. The molecule has 0 saturated heterocycles. The Labute approximate surface area is 241 Å². The van der Waals surface area contributed by atoms with Crippen LogP contribution in [-0.4, -0.2) is 48.0 Å². The number of nitrogens with one attached hydrogen (secondary N) is 1. The number of anilines is 1. The summed E-state index contributed by atoms with van der Waals surface area (Å²) in [5.41, 5.74) is 4.17. The quantitative estimate of drug-likeness (QED) is 0.281. The number of carbonyl (C=O) groups excluding carboxylic acids is 1. The average molecular weight is 572 g/mol. The predicted molar refractivity (Wildman–Crippen MR) is 155 cm³/mol. The molecule has 41 heavy (non-hydrogen) atoms. The van der Waals surface area contributed by atoms with Crippen molar-refractivity contribution < 1.29 is 28.9 Å². The fourth-order valence-electron chi connectivity index (χ4n) is 6.08. The van der Waals surface area contributed by atoms with E-state index in [1.54, 1.807) is 67.7 Å². The first kappa shape index (κ1) is 26.6. The number of Topliss-reactive ketones (excluding diaryl/α,β-unsaturated/α-hetero) is 1. The van der Waals surface area contributed by atoms with Crippen molar-refractivity contribution in [3.63, 3.8) is 0 Å². The largest absolute Gasteiger partial charge is 0.493 e. The van der Waals surface area contributed by atoms with E-state index >= 15 is 0 Å². The number of allylic oxidation sites excluding steroid dienone is 2. The van der Waals surface area contributed by atoms with Gasteiger partial charge >= 0.3 is 5.97 Å². The third-order valence-electron chi connectivity index (χ3n) is 7.82. The van der Waals surface area contributed by atoms with Crippen LogP contribution in [-0.2, 0) is 4.79 Å². The molecule has 2 aromatic heterocycles. The molecule has 210 valence electrons. The number of thiophene rings is 1. The molecule has 4 aromatic rings. The van der Waals surface area contributed by atoms with E-state index in [1.165, 1.54) is 0 Å². The van der Waals surface area contributed by atoms with Gasteiger partial charge in [0.05, 0.1) is 38.3 Å². The van der Waals surface area contributed by atoms with E-state index in [9.17, 15) is 14.7 Å². The minimum absolute atomic E-state index is 0.0343. The number of benzene rings is 2. The molecule has 3 heterocycles. The summed E-state index contributed by atoms with van der Waals surface area (Å²) in [5.74, 6) is 0.511. The number of carboxylic acids is 1. The second-order valence-electron chi connectivity index (χ2n) is 10.00. The van der Waals surface area contributed by atoms with Gasteiger partial charge in [-0.2, -0.15) is 5.10 Å². The minimum Gasteiger partial charge on any atom is -0.493 e. The summed E-state index contributed by atoms with van der Waals surface area (Å²) in [7, 11) is 4.67. The van der Waals surface area contributed by atoms with Gasteiger partial charge in [-0.15, -0.1) is 11.3 Å². The lowest BCUT2D eigenvalue weighted by Gasteiger charge is -2.36. The van der Waals surface area contributed by atoms with E-state index < -0.39 is 11.9 Å². The zero-order chi connectivity index (χ0) is 28.8. The number of para-hydroxylation sites is 1. The van der Waals surface area contributed by atoms with Gasteiger partial charge in [-0.3, -0.25) is 4.79 Å². The van der Waals surface area contributed by atoms with E-state index in [2.05, 4.69) is 11.4 Å². The molecule has 2 aliphatic rings. The first-order chi connectivity index (χ1) is 19.9. The molecule has 2 atom stereocenters. The Balaban J connectivity index is 1.62. The van der Waals surface area contributed by atoms with Gasteiger partial charge in [0.25, 0.3) is 0 Å². The normalized spacial score (nSPS) is 17.9. The number of rotatable bonds is 7. The Kier molecular flexibility index (Phi) is 6.78. The van der Waals surface area contributed by atoms with Crippen molar-refractivity contribution in [3.05, 3.63) is 92.4 Å². The maximum Gasteiger partial charge on any atom is 0.337 e. The molecule has 0 spiro atoms. The number of methoxy groups -OCH3 is 3. The van der Waals surface area contributed by atoms with E-state index in [1.807, 2.05) is 24.4 Å². The molecule has 2 N–H and O–H groups in total. The summed E-state index contributed by atoms with van der Waals surface area (Å²) in [6.07, 6.45) is 1.01. The number of hydrogen-bond donors (Lipinski definition) is 2. The molecule has 10 heteroatoms. The van der Waals surface area contributed by atoms with Crippen LogP contribution in [0.25, 0.3) is 5.69 Å². The van der Waals surface area contributed by atoms with Crippen molar-refractivity contribution >= 4 is 28.9 Å². The fraction of sp³-hybridized carbons (Fsp3) is 0.258. The highest BCUT2D eigenvalue weighted by molar-refractivity contribution is 7.10. The Bertz CT molecular complexity index is 1700. The SMILES string of the molecule is COc1ccc([C@H]2C3=C(C[C@@H](c4cccs4)CC3=O)Nc3c2c(C)nn3-c2ccccc2C(=O)O)c(OC)c1OC. The van der Waals surface area contributed by atoms with Gasteiger partial charge in [0.1, 0.15) is 5.82 Å². The molecule has 0 saturated carbocycles. The number of aromatic nitrogens is 2. The van der Waals surface area contributed by atoms with E-state index in [-0.39, 0.29) is 17.3 Å². The van der Waals surface area contributed by atoms with Crippen LogP contribution in [0.2, 0.25) is 0 Å². The highest BCUT2D eigenvalue weighted by Crippen LogP contribution is 2.54. The molecule has 0 amide bonds. The van der Waals surface area contributed by atoms with E-state index in [4.69, 9.17) is 19.3 Å². The summed E-state index contributed by atoms with van der Waals surface area (Å²) in [6.45, 7) is 1.87. The first-order valence-electron chi connectivity index (χ1n) is 13.2. The van der Waals surface area contributed by atoms with Crippen LogP contribution in [0.1, 0.15) is 56.7 Å². The number of nitrogens with zero attached hydrogens (tertiary/aromatic N) is 2. The third kappa shape index (κ3) is 4.26. The van der Waals surface area contributed by atoms with Crippen LogP contribution in [0.15, 0.2) is 65.2 Å². The maximum atomic E-state index is 14.0. The zero-order valence-electron chi connectivity index (χ0n) is 23.1. The fourth-order valence-corrected chi connectivity index (χ4v) is 6.91. The molecule has 0 fully saturated rings. The highest BCUT2D eigenvalue weighted by Gasteiger charge is 2.43. The number of carboxylic acid groups (broad SMARTS) is 1. The van der Waals surface area contributed by atoms with Crippen LogP contribution in [0.4, 0.5) is 5.82 Å². The molecular weight excluding hydrogens is 542 g/mol. The van der Waals surface area contributed by atoms with Gasteiger partial charge < -0.3 is 24.6 Å². The Morgan fingerprint density at radius 2 is 1.80 bits per heavy atom. The standard InChI is InChI=1S/C31H29N3O6S/c1-16-25-26(19-11-12-23(38-2)29(40-4)28(19)39-3)27-20(14-17(15-22(27)35)24-10-7-13-41-24)32-30(25)34(33-16)21-9-6-5-8-18(21)31(36)37/h5-13,17,26,32H,14-15H2,1-4H3,(H,36,37)/t17-,26-/m1/s1. The van der Waals surface area contributed by atoms with Crippen LogP contribution in [0.5, 0.6) is 17.2 Å². The van der Waals surface area contributed by atoms with Crippen molar-refractivity contribution in [3.8, 4) is 22.9 Å². The van der Waals surface area contributed by atoms with Crippen LogP contribution in [0, 0.1) is 6.92 Å². The first-order valence-corrected chi connectivity index (χ1v) is 14.0. The minimum atomic E-state index is -1.05. The van der Waals surface area contributed by atoms with Gasteiger partial charge in [-0.05, 0) is 43.0 Å². The smallest absolute Gasteiger partial charge is 0.337 e. The molecule has 1 aliphatic heterocycles. The summed E-state index contributed by atoms with van der Waals surface area (Å²) < 4.78 is 18.8. The second-order valence-corrected chi connectivity index (χ2v) is 11.0. The van der Waals surface area contributed by atoms with Gasteiger partial charge in [0, 0.05) is 45.5 Å². The van der Waals surface area contributed by atoms with Crippen LogP contribution in [0.3, 0.4) is 0 Å². The molecular formula is C31H29N3O6S. The number of hydrogen-bond acceptors (Lipinski definition) is 8. The number of ketones is 1. The van der Waals surface area contributed by atoms with Crippen molar-refractivity contribution in [2.75, 3.05) is 26.6 Å². The molecule has 0 radical (unpaired) electrons. The predicted octanol–water partition coefficient (Wildman–Crippen LogP) is 5.92. The summed E-state index contributed by atoms with van der Waals surface area (Å²) in [6, 6.07) is 14.5. The number of carbonyl (C=O) groups is 2. The molecule has 9 nitrogen and oxygen atoms in total. The van der Waals surface area contributed by atoms with Crippen molar-refractivity contribution in [1.82, 2.24) is 9.78 Å². The second kappa shape index (κ2) is 10.4. The molecule has 0 unspecified atom stereocenters. The van der Waals surface area contributed by atoms with Crippen LogP contribution >= 0.6 is 11.3 Å². The lowest BCUT2D eigenvalue weighted by Crippen LogP contribution is -2.30. The van der Waals surface area contributed by atoms with Gasteiger partial charge in [0.2, 0.25) is 5.75 Å². The topological polar surface area (TPSA) is 112 Å².